The summed E-state index contributed by atoms with van der Waals surface area (Å²) in [4.78, 5) is 17.6. The summed E-state index contributed by atoms with van der Waals surface area (Å²) in [6.07, 6.45) is -2.28. The highest BCUT2D eigenvalue weighted by atomic mass is 19.4. The summed E-state index contributed by atoms with van der Waals surface area (Å²) in [5.41, 5.74) is 1.46. The van der Waals surface area contributed by atoms with Crippen LogP contribution in [0, 0.1) is 0 Å². The number of rotatable bonds is 9. The largest absolute Gasteiger partial charge is 0.485 e. The molecule has 0 saturated heterocycles. The molecule has 7 heteroatoms. The van der Waals surface area contributed by atoms with Gasteiger partial charge >= 0.3 is 6.18 Å². The number of carbonyl (C=O) groups is 1. The van der Waals surface area contributed by atoms with Crippen LogP contribution in [0.1, 0.15) is 27.0 Å². The van der Waals surface area contributed by atoms with E-state index in [1.165, 1.54) is 12.1 Å². The number of carbonyl (C=O) groups excluding carboxylic acids is 1. The molecule has 0 aliphatic heterocycles. The number of hydrogen-bond donors (Lipinski definition) is 0. The Bertz CT molecular complexity index is 1310. The predicted molar refractivity (Wildman–Crippen MR) is 129 cm³/mol. The molecular formula is C28H22F3NO3. The summed E-state index contributed by atoms with van der Waals surface area (Å²) in [5.74, 6) is 0.482. The van der Waals surface area contributed by atoms with E-state index in [9.17, 15) is 18.0 Å². The van der Waals surface area contributed by atoms with Crippen molar-refractivity contribution in [2.24, 2.45) is 5.16 Å². The number of halogens is 3. The van der Waals surface area contributed by atoms with Gasteiger partial charge in [0, 0.05) is 18.2 Å². The van der Waals surface area contributed by atoms with Gasteiger partial charge in [-0.05, 0) is 52.2 Å². The Morgan fingerprint density at radius 3 is 2.23 bits per heavy atom. The molecule has 0 aliphatic rings. The molecule has 4 nitrogen and oxygen atoms in total. The number of oxime groups is 1. The first-order chi connectivity index (χ1) is 16.9. The lowest BCUT2D eigenvalue weighted by Crippen LogP contribution is -2.11. The van der Waals surface area contributed by atoms with Crippen LogP contribution in [0.3, 0.4) is 0 Å². The molecule has 4 rings (SSSR count). The van der Waals surface area contributed by atoms with Crippen LogP contribution in [0.2, 0.25) is 0 Å². The Morgan fingerprint density at radius 1 is 0.829 bits per heavy atom. The number of Topliss-reactive ketones (excluding diaryl/α,β-unsaturated/α-hetero) is 1. The summed E-state index contributed by atoms with van der Waals surface area (Å²) < 4.78 is 43.4. The van der Waals surface area contributed by atoms with Gasteiger partial charge in [-0.1, -0.05) is 65.8 Å². The van der Waals surface area contributed by atoms with Gasteiger partial charge in [-0.25, -0.2) is 0 Å². The lowest BCUT2D eigenvalue weighted by molar-refractivity contribution is -0.137. The number of benzene rings is 4. The minimum atomic E-state index is -4.36. The van der Waals surface area contributed by atoms with Gasteiger partial charge in [0.05, 0.1) is 5.56 Å². The van der Waals surface area contributed by atoms with Crippen LogP contribution in [0.5, 0.6) is 5.75 Å². The maximum Gasteiger partial charge on any atom is 0.416 e. The van der Waals surface area contributed by atoms with E-state index in [2.05, 4.69) is 5.16 Å². The predicted octanol–water partition coefficient (Wildman–Crippen LogP) is 6.87. The van der Waals surface area contributed by atoms with Crippen LogP contribution in [0.4, 0.5) is 13.2 Å². The van der Waals surface area contributed by atoms with Crippen LogP contribution in [-0.4, -0.2) is 18.6 Å². The highest BCUT2D eigenvalue weighted by Crippen LogP contribution is 2.29. The molecule has 0 heterocycles. The van der Waals surface area contributed by atoms with Gasteiger partial charge in [-0.3, -0.25) is 4.79 Å². The summed E-state index contributed by atoms with van der Waals surface area (Å²) in [7, 11) is 0. The monoisotopic (exact) mass is 477 g/mol. The zero-order chi connectivity index (χ0) is 24.7. The van der Waals surface area contributed by atoms with E-state index in [-0.39, 0.29) is 19.0 Å². The fraction of sp³-hybridized carbons (Fsp3) is 0.143. The average Bonchev–Trinajstić information content (AvgIpc) is 2.87. The van der Waals surface area contributed by atoms with Crippen molar-refractivity contribution in [3.05, 3.63) is 113 Å². The Balaban J connectivity index is 1.21. The number of fused-ring (bicyclic) bond motifs is 1. The van der Waals surface area contributed by atoms with Gasteiger partial charge in [0.1, 0.15) is 12.4 Å². The number of ether oxygens (including phenoxy) is 1. The van der Waals surface area contributed by atoms with Crippen LogP contribution < -0.4 is 4.74 Å². The van der Waals surface area contributed by atoms with Crippen LogP contribution in [-0.2, 0) is 24.0 Å². The maximum atomic E-state index is 12.6. The van der Waals surface area contributed by atoms with Crippen molar-refractivity contribution in [3.8, 4) is 5.75 Å². The maximum absolute atomic E-state index is 12.6. The van der Waals surface area contributed by atoms with Crippen LogP contribution in [0.25, 0.3) is 10.8 Å². The van der Waals surface area contributed by atoms with Gasteiger partial charge in [-0.15, -0.1) is 0 Å². The summed E-state index contributed by atoms with van der Waals surface area (Å²) in [5, 5.41) is 5.93. The van der Waals surface area contributed by atoms with Crippen LogP contribution in [0.15, 0.2) is 96.2 Å². The molecule has 0 N–H and O–H groups in total. The van der Waals surface area contributed by atoms with Crippen molar-refractivity contribution in [1.82, 2.24) is 0 Å². The second-order valence-electron chi connectivity index (χ2n) is 7.88. The van der Waals surface area contributed by atoms with Crippen molar-refractivity contribution >= 4 is 22.8 Å². The van der Waals surface area contributed by atoms with E-state index in [0.29, 0.717) is 23.3 Å². The van der Waals surface area contributed by atoms with Gasteiger partial charge in [0.25, 0.3) is 0 Å². The summed E-state index contributed by atoms with van der Waals surface area (Å²) in [6.45, 7) is 0.0174. The van der Waals surface area contributed by atoms with E-state index in [1.807, 2.05) is 48.5 Å². The fourth-order valence-electron chi connectivity index (χ4n) is 3.41. The van der Waals surface area contributed by atoms with E-state index < -0.39 is 11.7 Å². The van der Waals surface area contributed by atoms with E-state index in [4.69, 9.17) is 9.57 Å². The minimum Gasteiger partial charge on any atom is -0.485 e. The Kier molecular flexibility index (Phi) is 7.45. The first-order valence-electron chi connectivity index (χ1n) is 10.9. The normalized spacial score (nSPS) is 11.6. The molecule has 0 unspecified atom stereocenters. The highest BCUT2D eigenvalue weighted by Gasteiger charge is 2.29. The van der Waals surface area contributed by atoms with E-state index in [1.54, 1.807) is 24.4 Å². The van der Waals surface area contributed by atoms with Crippen LogP contribution >= 0.6 is 0 Å². The molecule has 4 aromatic rings. The first-order valence-corrected chi connectivity index (χ1v) is 10.9. The molecule has 0 saturated carbocycles. The molecule has 0 spiro atoms. The molecule has 0 atom stereocenters. The number of hydrogen-bond acceptors (Lipinski definition) is 4. The third-order valence-corrected chi connectivity index (χ3v) is 5.35. The van der Waals surface area contributed by atoms with E-state index in [0.717, 1.165) is 28.5 Å². The van der Waals surface area contributed by atoms with Crippen molar-refractivity contribution in [2.45, 2.75) is 19.2 Å². The summed E-state index contributed by atoms with van der Waals surface area (Å²) in [6, 6.07) is 25.5. The molecular weight excluding hydrogens is 455 g/mol. The third-order valence-electron chi connectivity index (χ3n) is 5.35. The molecule has 35 heavy (non-hydrogen) atoms. The molecule has 0 amide bonds. The third kappa shape index (κ3) is 6.69. The standard InChI is InChI=1S/C28H22F3NO3/c29-28(30,31)25-11-5-21(6-12-25)18-35-32-16-15-20-7-13-26(14-8-20)34-19-27(33)24-10-9-22-3-1-2-4-23(22)17-24/h1-14,16-17H,15,18-19H2. The van der Waals surface area contributed by atoms with Crippen molar-refractivity contribution in [2.75, 3.05) is 6.61 Å². The molecule has 178 valence electrons. The number of nitrogens with zero attached hydrogens (tertiary/aromatic N) is 1. The molecule has 0 radical (unpaired) electrons. The second-order valence-corrected chi connectivity index (χ2v) is 7.88. The Hall–Kier alpha value is -4.13. The van der Waals surface area contributed by atoms with Gasteiger partial charge in [0.15, 0.2) is 12.4 Å². The molecule has 0 bridgehead atoms. The lowest BCUT2D eigenvalue weighted by Gasteiger charge is -2.07. The van der Waals surface area contributed by atoms with Crippen molar-refractivity contribution < 1.29 is 27.5 Å². The molecule has 0 fully saturated rings. The highest BCUT2D eigenvalue weighted by molar-refractivity contribution is 6.00. The van der Waals surface area contributed by atoms with Crippen molar-refractivity contribution in [3.63, 3.8) is 0 Å². The molecule has 0 aliphatic carbocycles. The first kappa shape index (κ1) is 24.0. The molecule has 0 aromatic heterocycles. The smallest absolute Gasteiger partial charge is 0.416 e. The zero-order valence-corrected chi connectivity index (χ0v) is 18.7. The van der Waals surface area contributed by atoms with Crippen molar-refractivity contribution in [1.29, 1.82) is 0 Å². The Morgan fingerprint density at radius 2 is 1.51 bits per heavy atom. The molecule has 4 aromatic carbocycles. The van der Waals surface area contributed by atoms with Gasteiger partial charge < -0.3 is 9.57 Å². The number of alkyl halides is 3. The fourth-order valence-corrected chi connectivity index (χ4v) is 3.41. The van der Waals surface area contributed by atoms with Gasteiger partial charge in [-0.2, -0.15) is 13.2 Å². The lowest BCUT2D eigenvalue weighted by atomic mass is 10.0. The quantitative estimate of drug-likeness (QED) is 0.150. The Labute approximate surface area is 200 Å². The zero-order valence-electron chi connectivity index (χ0n) is 18.7. The second kappa shape index (κ2) is 10.9. The SMILES string of the molecule is O=C(COc1ccc(CC=NOCc2ccc(C(F)(F)F)cc2)cc1)c1ccc2ccccc2c1. The average molecular weight is 477 g/mol. The van der Waals surface area contributed by atoms with Gasteiger partial charge in [0.2, 0.25) is 0 Å². The topological polar surface area (TPSA) is 47.9 Å². The minimum absolute atomic E-state index is 0.0586. The summed E-state index contributed by atoms with van der Waals surface area (Å²) >= 11 is 0. The van der Waals surface area contributed by atoms with E-state index >= 15 is 0 Å². The number of ketones is 1.